The zero-order chi connectivity index (χ0) is 18.4. The number of piperidine rings is 1. The second-order valence-electron chi connectivity index (χ2n) is 7.45. The molecule has 138 valence electrons. The third-order valence-electron chi connectivity index (χ3n) is 3.83. The molecular formula is C19H28N2O3S. The summed E-state index contributed by atoms with van der Waals surface area (Å²) >= 11 is 1.79. The van der Waals surface area contributed by atoms with Crippen LogP contribution in [0.5, 0.6) is 0 Å². The Kier molecular flexibility index (Phi) is 6.76. The normalized spacial score (nSPS) is 17.9. The largest absolute Gasteiger partial charge is 0.444 e. The Bertz CT molecular complexity index is 596. The molecule has 1 saturated heterocycles. The molecule has 1 aromatic rings. The summed E-state index contributed by atoms with van der Waals surface area (Å²) < 4.78 is 5.48. The van der Waals surface area contributed by atoms with Gasteiger partial charge in [-0.1, -0.05) is 0 Å². The zero-order valence-electron chi connectivity index (χ0n) is 15.5. The van der Waals surface area contributed by atoms with E-state index in [1.54, 1.807) is 11.8 Å². The summed E-state index contributed by atoms with van der Waals surface area (Å²) in [6.07, 6.45) is 1.95. The number of anilines is 1. The minimum absolute atomic E-state index is 0.0650. The first-order valence-corrected chi connectivity index (χ1v) is 9.70. The summed E-state index contributed by atoms with van der Waals surface area (Å²) in [6.45, 7) is 8.72. The molecule has 1 unspecified atom stereocenters. The van der Waals surface area contributed by atoms with Gasteiger partial charge in [0.25, 0.3) is 0 Å². The summed E-state index contributed by atoms with van der Waals surface area (Å²) in [5, 5.41) is 2.77. The number of amides is 2. The molecule has 1 aliphatic heterocycles. The van der Waals surface area contributed by atoms with Crippen molar-refractivity contribution in [3.8, 4) is 0 Å². The number of likely N-dealkylation sites (tertiary alicyclic amines) is 1. The van der Waals surface area contributed by atoms with Crippen LogP contribution in [0.15, 0.2) is 29.2 Å². The minimum atomic E-state index is -0.450. The monoisotopic (exact) mass is 364 g/mol. The van der Waals surface area contributed by atoms with Crippen molar-refractivity contribution in [2.24, 2.45) is 5.92 Å². The lowest BCUT2D eigenvalue weighted by molar-refractivity contribution is -0.114. The number of hydrogen-bond acceptors (Lipinski definition) is 4. The smallest absolute Gasteiger partial charge is 0.410 e. The summed E-state index contributed by atoms with van der Waals surface area (Å²) in [4.78, 5) is 26.3. The maximum Gasteiger partial charge on any atom is 0.410 e. The van der Waals surface area contributed by atoms with Gasteiger partial charge in [0.15, 0.2) is 0 Å². The van der Waals surface area contributed by atoms with Crippen LogP contribution < -0.4 is 5.32 Å². The molecule has 0 spiro atoms. The third kappa shape index (κ3) is 6.98. The summed E-state index contributed by atoms with van der Waals surface area (Å²) in [7, 11) is 0. The Labute approximate surface area is 154 Å². The van der Waals surface area contributed by atoms with Crippen molar-refractivity contribution in [3.05, 3.63) is 24.3 Å². The second kappa shape index (κ2) is 8.61. The first kappa shape index (κ1) is 19.6. The Morgan fingerprint density at radius 3 is 2.56 bits per heavy atom. The fraction of sp³-hybridized carbons (Fsp3) is 0.579. The fourth-order valence-electron chi connectivity index (χ4n) is 2.75. The molecule has 5 nitrogen and oxygen atoms in total. The van der Waals surface area contributed by atoms with Crippen molar-refractivity contribution >= 4 is 29.4 Å². The quantitative estimate of drug-likeness (QED) is 0.805. The fourth-order valence-corrected chi connectivity index (χ4v) is 3.77. The van der Waals surface area contributed by atoms with Gasteiger partial charge in [-0.05, 0) is 63.8 Å². The molecule has 0 aromatic heterocycles. The molecule has 0 bridgehead atoms. The highest BCUT2D eigenvalue weighted by Gasteiger charge is 2.27. The van der Waals surface area contributed by atoms with Crippen LogP contribution in [0.3, 0.4) is 0 Å². The molecule has 25 heavy (non-hydrogen) atoms. The molecule has 6 heteroatoms. The van der Waals surface area contributed by atoms with Crippen molar-refractivity contribution in [2.75, 3.05) is 24.2 Å². The lowest BCUT2D eigenvalue weighted by atomic mass is 10.0. The zero-order valence-corrected chi connectivity index (χ0v) is 16.3. The number of nitrogens with zero attached hydrogens (tertiary/aromatic N) is 1. The van der Waals surface area contributed by atoms with E-state index < -0.39 is 5.60 Å². The number of rotatable bonds is 4. The van der Waals surface area contributed by atoms with Crippen LogP contribution in [0.4, 0.5) is 10.5 Å². The SMILES string of the molecule is CC(=O)Nc1ccc(SCC2CCCN(C(=O)OC(C)(C)C)C2)cc1. The molecule has 2 amide bonds. The molecular weight excluding hydrogens is 336 g/mol. The lowest BCUT2D eigenvalue weighted by Gasteiger charge is -2.34. The van der Waals surface area contributed by atoms with Crippen molar-refractivity contribution in [2.45, 2.75) is 51.0 Å². The van der Waals surface area contributed by atoms with E-state index in [1.165, 1.54) is 11.8 Å². The highest BCUT2D eigenvalue weighted by Crippen LogP contribution is 2.27. The topological polar surface area (TPSA) is 58.6 Å². The molecule has 1 fully saturated rings. The van der Waals surface area contributed by atoms with Crippen molar-refractivity contribution < 1.29 is 14.3 Å². The molecule has 1 heterocycles. The third-order valence-corrected chi connectivity index (χ3v) is 5.07. The summed E-state index contributed by atoms with van der Waals surface area (Å²) in [6, 6.07) is 7.87. The Balaban J connectivity index is 1.82. The number of benzene rings is 1. The highest BCUT2D eigenvalue weighted by molar-refractivity contribution is 7.99. The molecule has 0 radical (unpaired) electrons. The number of hydrogen-bond donors (Lipinski definition) is 1. The van der Waals surface area contributed by atoms with Gasteiger partial charge in [0.2, 0.25) is 5.91 Å². The Morgan fingerprint density at radius 1 is 1.28 bits per heavy atom. The number of carbonyl (C=O) groups excluding carboxylic acids is 2. The van der Waals surface area contributed by atoms with Gasteiger partial charge in [-0.3, -0.25) is 4.79 Å². The van der Waals surface area contributed by atoms with E-state index in [1.807, 2.05) is 49.9 Å². The predicted molar refractivity (Wildman–Crippen MR) is 102 cm³/mol. The summed E-state index contributed by atoms with van der Waals surface area (Å²) in [5.74, 6) is 1.38. The van der Waals surface area contributed by atoms with Gasteiger partial charge in [0, 0.05) is 36.3 Å². The Hall–Kier alpha value is -1.69. The average Bonchev–Trinajstić information content (AvgIpc) is 2.52. The van der Waals surface area contributed by atoms with Crippen molar-refractivity contribution in [1.82, 2.24) is 4.90 Å². The number of ether oxygens (including phenoxy) is 1. The van der Waals surface area contributed by atoms with Crippen LogP contribution >= 0.6 is 11.8 Å². The van der Waals surface area contributed by atoms with E-state index in [0.717, 1.165) is 37.4 Å². The molecule has 0 aliphatic carbocycles. The van der Waals surface area contributed by atoms with E-state index in [0.29, 0.717) is 5.92 Å². The predicted octanol–water partition coefficient (Wildman–Crippen LogP) is 4.38. The second-order valence-corrected chi connectivity index (χ2v) is 8.54. The molecule has 0 saturated carbocycles. The Morgan fingerprint density at radius 2 is 1.96 bits per heavy atom. The van der Waals surface area contributed by atoms with E-state index in [4.69, 9.17) is 4.74 Å². The maximum atomic E-state index is 12.2. The minimum Gasteiger partial charge on any atom is -0.444 e. The van der Waals surface area contributed by atoms with E-state index in [9.17, 15) is 9.59 Å². The van der Waals surface area contributed by atoms with Crippen LogP contribution in [-0.4, -0.2) is 41.3 Å². The first-order chi connectivity index (χ1) is 11.7. The highest BCUT2D eigenvalue weighted by atomic mass is 32.2. The van der Waals surface area contributed by atoms with Gasteiger partial charge in [-0.15, -0.1) is 11.8 Å². The van der Waals surface area contributed by atoms with Crippen LogP contribution in [0.25, 0.3) is 0 Å². The number of nitrogens with one attached hydrogen (secondary N) is 1. The van der Waals surface area contributed by atoms with Crippen LogP contribution in [0.1, 0.15) is 40.5 Å². The standard InChI is InChI=1S/C19H28N2O3S/c1-14(22)20-16-7-9-17(10-8-16)25-13-15-6-5-11-21(12-15)18(23)24-19(2,3)4/h7-10,15H,5-6,11-13H2,1-4H3,(H,20,22). The van der Waals surface area contributed by atoms with Crippen molar-refractivity contribution in [3.63, 3.8) is 0 Å². The number of carbonyl (C=O) groups is 2. The molecule has 2 rings (SSSR count). The van der Waals surface area contributed by atoms with Gasteiger partial charge in [0.05, 0.1) is 0 Å². The molecule has 1 aliphatic rings. The van der Waals surface area contributed by atoms with Gasteiger partial charge < -0.3 is 15.0 Å². The van der Waals surface area contributed by atoms with Crippen LogP contribution in [0, 0.1) is 5.92 Å². The van der Waals surface area contributed by atoms with Gasteiger partial charge in [-0.2, -0.15) is 0 Å². The molecule has 1 aromatic carbocycles. The van der Waals surface area contributed by atoms with Crippen molar-refractivity contribution in [1.29, 1.82) is 0 Å². The van der Waals surface area contributed by atoms with Gasteiger partial charge in [-0.25, -0.2) is 4.79 Å². The summed E-state index contributed by atoms with van der Waals surface area (Å²) in [5.41, 5.74) is 0.361. The van der Waals surface area contributed by atoms with E-state index >= 15 is 0 Å². The first-order valence-electron chi connectivity index (χ1n) is 8.71. The van der Waals surface area contributed by atoms with Gasteiger partial charge >= 0.3 is 6.09 Å². The number of thioether (sulfide) groups is 1. The average molecular weight is 365 g/mol. The van der Waals surface area contributed by atoms with Crippen LogP contribution in [-0.2, 0) is 9.53 Å². The maximum absolute atomic E-state index is 12.2. The molecule has 1 N–H and O–H groups in total. The van der Waals surface area contributed by atoms with Gasteiger partial charge in [0.1, 0.15) is 5.60 Å². The van der Waals surface area contributed by atoms with Crippen LogP contribution in [0.2, 0.25) is 0 Å². The molecule has 1 atom stereocenters. The van der Waals surface area contributed by atoms with E-state index in [-0.39, 0.29) is 12.0 Å². The lowest BCUT2D eigenvalue weighted by Crippen LogP contribution is -2.43. The van der Waals surface area contributed by atoms with E-state index in [2.05, 4.69) is 5.32 Å².